The maximum Gasteiger partial charge on any atom is 0.126 e. The van der Waals surface area contributed by atoms with Gasteiger partial charge in [-0.1, -0.05) is 31.9 Å². The molecule has 1 N–H and O–H groups in total. The van der Waals surface area contributed by atoms with Gasteiger partial charge in [0.25, 0.3) is 0 Å². The smallest absolute Gasteiger partial charge is 0.126 e. The third kappa shape index (κ3) is 4.18. The molecule has 1 aromatic rings. The van der Waals surface area contributed by atoms with Crippen molar-refractivity contribution in [2.45, 2.75) is 39.2 Å². The Bertz CT molecular complexity index is 405. The van der Waals surface area contributed by atoms with Crippen LogP contribution in [0.1, 0.15) is 43.4 Å². The van der Waals surface area contributed by atoms with E-state index in [4.69, 9.17) is 0 Å². The molecule has 1 heterocycles. The predicted molar refractivity (Wildman–Crippen MR) is 85.1 cm³/mol. The Hall–Kier alpha value is -0.640. The molecule has 0 aromatic heterocycles. The van der Waals surface area contributed by atoms with Crippen molar-refractivity contribution >= 4 is 12.4 Å². The van der Waals surface area contributed by atoms with E-state index in [2.05, 4.69) is 23.2 Å². The highest BCUT2D eigenvalue weighted by Crippen LogP contribution is 2.30. The lowest BCUT2D eigenvalue weighted by Crippen LogP contribution is -2.45. The Morgan fingerprint density at radius 3 is 2.65 bits per heavy atom. The van der Waals surface area contributed by atoms with Crippen LogP contribution >= 0.6 is 12.4 Å². The van der Waals surface area contributed by atoms with Gasteiger partial charge in [0.15, 0.2) is 0 Å². The molecule has 0 radical (unpaired) electrons. The molecule has 1 aliphatic rings. The summed E-state index contributed by atoms with van der Waals surface area (Å²) in [6, 6.07) is 5.88. The lowest BCUT2D eigenvalue weighted by atomic mass is 9.94. The van der Waals surface area contributed by atoms with Crippen molar-refractivity contribution in [3.8, 4) is 0 Å². The van der Waals surface area contributed by atoms with Crippen molar-refractivity contribution in [1.29, 1.82) is 0 Å². The maximum atomic E-state index is 13.8. The van der Waals surface area contributed by atoms with Crippen molar-refractivity contribution in [3.05, 3.63) is 35.1 Å². The molecular weight excluding hydrogens is 275 g/mol. The molecular formula is C16H26ClFN2. The zero-order chi connectivity index (χ0) is 13.7. The average molecular weight is 301 g/mol. The second-order valence-corrected chi connectivity index (χ2v) is 5.40. The Labute approximate surface area is 128 Å². The van der Waals surface area contributed by atoms with Crippen molar-refractivity contribution in [1.82, 2.24) is 10.2 Å². The van der Waals surface area contributed by atoms with E-state index < -0.39 is 0 Å². The Kier molecular flexibility index (Phi) is 7.49. The summed E-state index contributed by atoms with van der Waals surface area (Å²) in [4.78, 5) is 2.51. The fourth-order valence-corrected chi connectivity index (χ4v) is 2.91. The third-order valence-electron chi connectivity index (χ3n) is 4.09. The van der Waals surface area contributed by atoms with Crippen LogP contribution in [0.15, 0.2) is 18.2 Å². The largest absolute Gasteiger partial charge is 0.314 e. The van der Waals surface area contributed by atoms with Crippen LogP contribution in [0.5, 0.6) is 0 Å². The first kappa shape index (κ1) is 17.4. The van der Waals surface area contributed by atoms with Crippen LogP contribution in [0.2, 0.25) is 0 Å². The van der Waals surface area contributed by atoms with Crippen molar-refractivity contribution in [3.63, 3.8) is 0 Å². The van der Waals surface area contributed by atoms with E-state index in [-0.39, 0.29) is 18.2 Å². The van der Waals surface area contributed by atoms with Gasteiger partial charge in [-0.05, 0) is 30.5 Å². The normalized spacial score (nSPS) is 17.6. The second-order valence-electron chi connectivity index (χ2n) is 5.40. The number of rotatable bonds is 5. The predicted octanol–water partition coefficient (Wildman–Crippen LogP) is 3.69. The zero-order valence-electron chi connectivity index (χ0n) is 12.5. The van der Waals surface area contributed by atoms with Gasteiger partial charge in [0.2, 0.25) is 0 Å². The molecule has 0 saturated carbocycles. The molecule has 1 saturated heterocycles. The van der Waals surface area contributed by atoms with Gasteiger partial charge in [-0.3, -0.25) is 4.90 Å². The van der Waals surface area contributed by atoms with Gasteiger partial charge >= 0.3 is 0 Å². The number of hydrogen-bond donors (Lipinski definition) is 1. The molecule has 0 spiro atoms. The molecule has 20 heavy (non-hydrogen) atoms. The topological polar surface area (TPSA) is 15.3 Å². The van der Waals surface area contributed by atoms with Crippen molar-refractivity contribution in [2.24, 2.45) is 0 Å². The van der Waals surface area contributed by atoms with E-state index in [0.29, 0.717) is 6.04 Å². The highest BCUT2D eigenvalue weighted by Gasteiger charge is 2.23. The average Bonchev–Trinajstić information content (AvgIpc) is 2.45. The summed E-state index contributed by atoms with van der Waals surface area (Å²) >= 11 is 0. The molecule has 114 valence electrons. The second kappa shape index (κ2) is 8.60. The minimum absolute atomic E-state index is 0. The summed E-state index contributed by atoms with van der Waals surface area (Å²) in [7, 11) is 0. The minimum Gasteiger partial charge on any atom is -0.314 e. The standard InChI is InChI=1S/C16H25FN2.ClH/c1-3-4-8-16(19-11-9-18-10-12-19)14-6-5-7-15(17)13(14)2;/h5-7,16,18H,3-4,8-12H2,1-2H3;1H/t16-;/m0./s1. The van der Waals surface area contributed by atoms with E-state index in [1.54, 1.807) is 6.07 Å². The van der Waals surface area contributed by atoms with Crippen LogP contribution in [-0.4, -0.2) is 31.1 Å². The van der Waals surface area contributed by atoms with Crippen LogP contribution in [0.4, 0.5) is 4.39 Å². The molecule has 1 aliphatic heterocycles. The lowest BCUT2D eigenvalue weighted by molar-refractivity contribution is 0.162. The van der Waals surface area contributed by atoms with Gasteiger partial charge in [0.05, 0.1) is 0 Å². The summed E-state index contributed by atoms with van der Waals surface area (Å²) < 4.78 is 13.8. The molecule has 1 aromatic carbocycles. The third-order valence-corrected chi connectivity index (χ3v) is 4.09. The highest BCUT2D eigenvalue weighted by atomic mass is 35.5. The van der Waals surface area contributed by atoms with Gasteiger partial charge < -0.3 is 5.32 Å². The molecule has 1 fully saturated rings. The summed E-state index contributed by atoms with van der Waals surface area (Å²) in [6.45, 7) is 8.32. The first-order valence-corrected chi connectivity index (χ1v) is 7.43. The molecule has 0 bridgehead atoms. The number of piperazine rings is 1. The van der Waals surface area contributed by atoms with Crippen LogP contribution in [0.25, 0.3) is 0 Å². The van der Waals surface area contributed by atoms with Crippen molar-refractivity contribution < 1.29 is 4.39 Å². The van der Waals surface area contributed by atoms with E-state index in [9.17, 15) is 4.39 Å². The van der Waals surface area contributed by atoms with Crippen LogP contribution in [0, 0.1) is 12.7 Å². The van der Waals surface area contributed by atoms with E-state index >= 15 is 0 Å². The highest BCUT2D eigenvalue weighted by molar-refractivity contribution is 5.85. The summed E-state index contributed by atoms with van der Waals surface area (Å²) in [5.41, 5.74) is 2.00. The molecule has 0 aliphatic carbocycles. The number of unbranched alkanes of at least 4 members (excludes halogenated alkanes) is 1. The fraction of sp³-hybridized carbons (Fsp3) is 0.625. The van der Waals surface area contributed by atoms with Gasteiger partial charge in [-0.2, -0.15) is 0 Å². The maximum absolute atomic E-state index is 13.8. The van der Waals surface area contributed by atoms with Crippen molar-refractivity contribution in [2.75, 3.05) is 26.2 Å². The Balaban J connectivity index is 0.00000200. The Morgan fingerprint density at radius 1 is 1.30 bits per heavy atom. The van der Waals surface area contributed by atoms with Gasteiger partial charge in [-0.15, -0.1) is 12.4 Å². The monoisotopic (exact) mass is 300 g/mol. The van der Waals surface area contributed by atoms with E-state index in [1.165, 1.54) is 18.4 Å². The summed E-state index contributed by atoms with van der Waals surface area (Å²) in [6.07, 6.45) is 3.52. The minimum atomic E-state index is -0.0749. The first-order chi connectivity index (χ1) is 9.24. The fourth-order valence-electron chi connectivity index (χ4n) is 2.91. The quantitative estimate of drug-likeness (QED) is 0.892. The van der Waals surface area contributed by atoms with Gasteiger partial charge in [0.1, 0.15) is 5.82 Å². The molecule has 1 atom stereocenters. The zero-order valence-corrected chi connectivity index (χ0v) is 13.3. The van der Waals surface area contributed by atoms with Crippen LogP contribution in [0.3, 0.4) is 0 Å². The number of nitrogens with one attached hydrogen (secondary N) is 1. The van der Waals surface area contributed by atoms with E-state index in [0.717, 1.165) is 38.2 Å². The molecule has 0 amide bonds. The van der Waals surface area contributed by atoms with Crippen LogP contribution in [-0.2, 0) is 0 Å². The van der Waals surface area contributed by atoms with Gasteiger partial charge in [0, 0.05) is 32.2 Å². The number of benzene rings is 1. The Morgan fingerprint density at radius 2 is 2.00 bits per heavy atom. The first-order valence-electron chi connectivity index (χ1n) is 7.43. The van der Waals surface area contributed by atoms with Crippen LogP contribution < -0.4 is 5.32 Å². The molecule has 2 nitrogen and oxygen atoms in total. The van der Waals surface area contributed by atoms with E-state index in [1.807, 2.05) is 13.0 Å². The SMILES string of the molecule is CCCC[C@@H](c1cccc(F)c1C)N1CCNCC1.Cl. The number of hydrogen-bond acceptors (Lipinski definition) is 2. The number of halogens is 2. The van der Waals surface area contributed by atoms with Gasteiger partial charge in [-0.25, -0.2) is 4.39 Å². The lowest BCUT2D eigenvalue weighted by Gasteiger charge is -2.36. The summed E-state index contributed by atoms with van der Waals surface area (Å²) in [5, 5.41) is 3.39. The summed E-state index contributed by atoms with van der Waals surface area (Å²) in [5.74, 6) is -0.0749. The number of nitrogens with zero attached hydrogens (tertiary/aromatic N) is 1. The molecule has 2 rings (SSSR count). The molecule has 4 heteroatoms. The molecule has 0 unspecified atom stereocenters.